The predicted molar refractivity (Wildman–Crippen MR) is 114 cm³/mol. The molecule has 2 aromatic carbocycles. The Bertz CT molecular complexity index is 910. The maximum atomic E-state index is 12.2. The van der Waals surface area contributed by atoms with Gasteiger partial charge in [0, 0.05) is 10.7 Å². The molecule has 0 amide bonds. The highest BCUT2D eigenvalue weighted by Gasteiger charge is 2.06. The predicted octanol–water partition coefficient (Wildman–Crippen LogP) is 2.87. The molecule has 2 atom stereocenters. The van der Waals surface area contributed by atoms with Gasteiger partial charge < -0.3 is 18.6 Å². The van der Waals surface area contributed by atoms with Gasteiger partial charge >= 0.3 is 0 Å². The fourth-order valence-electron chi connectivity index (χ4n) is 2.22. The van der Waals surface area contributed by atoms with Crippen LogP contribution in [-0.2, 0) is 29.1 Å². The van der Waals surface area contributed by atoms with Gasteiger partial charge in [0.2, 0.25) is 0 Å². The SMILES string of the molecule is Cc1ccc(S(=O)(O)=CCOCCOCC=S(=O)(O)c2ccc(C)cc2)cc1. The first kappa shape index (κ1) is 22.6. The van der Waals surface area contributed by atoms with E-state index in [4.69, 9.17) is 9.47 Å². The zero-order valence-corrected chi connectivity index (χ0v) is 17.6. The molecule has 0 aliphatic carbocycles. The van der Waals surface area contributed by atoms with E-state index in [9.17, 15) is 17.5 Å². The average Bonchev–Trinajstić information content (AvgIpc) is 2.64. The lowest BCUT2D eigenvalue weighted by Gasteiger charge is -2.07. The van der Waals surface area contributed by atoms with Gasteiger partial charge in [-0.15, -0.1) is 0 Å². The summed E-state index contributed by atoms with van der Waals surface area (Å²) in [4.78, 5) is 0.669. The van der Waals surface area contributed by atoms with Crippen LogP contribution in [0.15, 0.2) is 58.3 Å². The molecule has 0 radical (unpaired) electrons. The molecule has 2 unspecified atom stereocenters. The van der Waals surface area contributed by atoms with Crippen LogP contribution < -0.4 is 0 Å². The van der Waals surface area contributed by atoms with Gasteiger partial charge in [-0.1, -0.05) is 35.4 Å². The van der Waals surface area contributed by atoms with Crippen LogP contribution in [0, 0.1) is 13.8 Å². The summed E-state index contributed by atoms with van der Waals surface area (Å²) in [6.07, 6.45) is 0. The first-order valence-electron chi connectivity index (χ1n) is 8.69. The van der Waals surface area contributed by atoms with E-state index in [2.05, 4.69) is 0 Å². The molecule has 154 valence electrons. The summed E-state index contributed by atoms with van der Waals surface area (Å²) in [5, 5.41) is 2.45. The Kier molecular flexibility index (Phi) is 8.23. The van der Waals surface area contributed by atoms with Crippen LogP contribution in [0.2, 0.25) is 0 Å². The fourth-order valence-corrected chi connectivity index (χ4v) is 4.22. The van der Waals surface area contributed by atoms with E-state index >= 15 is 0 Å². The van der Waals surface area contributed by atoms with Gasteiger partial charge in [0.05, 0.1) is 36.2 Å². The van der Waals surface area contributed by atoms with Crippen molar-refractivity contribution in [3.63, 3.8) is 0 Å². The standard InChI is InChI=1S/C20H26O6S2/c1-17-3-7-19(8-4-17)27(21,22)15-13-25-11-12-26-14-16-28(23,24)20-9-5-18(2)6-10-20/h3-10,15-16H,11-14H2,1-2H3,(H,21,22)(H,23,24). The van der Waals surface area contributed by atoms with E-state index in [1.165, 1.54) is 10.7 Å². The number of ether oxygens (including phenoxy) is 2. The van der Waals surface area contributed by atoms with Gasteiger partial charge in [-0.3, -0.25) is 0 Å². The van der Waals surface area contributed by atoms with Crippen LogP contribution in [0.25, 0.3) is 0 Å². The van der Waals surface area contributed by atoms with Crippen molar-refractivity contribution in [3.8, 4) is 0 Å². The van der Waals surface area contributed by atoms with E-state index in [1.807, 2.05) is 13.8 Å². The largest absolute Gasteiger partial charge is 0.374 e. The average molecular weight is 427 g/mol. The monoisotopic (exact) mass is 426 g/mol. The van der Waals surface area contributed by atoms with Crippen molar-refractivity contribution in [2.75, 3.05) is 26.4 Å². The highest BCUT2D eigenvalue weighted by Crippen LogP contribution is 2.11. The second kappa shape index (κ2) is 10.2. The van der Waals surface area contributed by atoms with Crippen molar-refractivity contribution in [2.45, 2.75) is 23.6 Å². The maximum Gasteiger partial charge on any atom is 0.109 e. The van der Waals surface area contributed by atoms with E-state index in [0.717, 1.165) is 11.1 Å². The summed E-state index contributed by atoms with van der Waals surface area (Å²) < 4.78 is 55.1. The fraction of sp³-hybridized carbons (Fsp3) is 0.300. The van der Waals surface area contributed by atoms with Gasteiger partial charge in [0.1, 0.15) is 19.6 Å². The quantitative estimate of drug-likeness (QED) is 0.473. The molecule has 0 spiro atoms. The molecule has 2 rings (SSSR count). The Morgan fingerprint density at radius 3 is 1.36 bits per heavy atom. The van der Waals surface area contributed by atoms with Crippen LogP contribution >= 0.6 is 0 Å². The van der Waals surface area contributed by atoms with Crippen LogP contribution in [-0.4, -0.2) is 54.7 Å². The molecular weight excluding hydrogens is 400 g/mol. The number of aryl methyl sites for hydroxylation is 2. The lowest BCUT2D eigenvalue weighted by Crippen LogP contribution is -2.13. The van der Waals surface area contributed by atoms with Crippen LogP contribution in [0.1, 0.15) is 11.1 Å². The summed E-state index contributed by atoms with van der Waals surface area (Å²) in [5.41, 5.74) is 2.02. The van der Waals surface area contributed by atoms with Crippen molar-refractivity contribution in [2.24, 2.45) is 0 Å². The second-order valence-electron chi connectivity index (χ2n) is 6.25. The summed E-state index contributed by atoms with van der Waals surface area (Å²) in [6, 6.07) is 13.6. The molecule has 8 heteroatoms. The van der Waals surface area contributed by atoms with E-state index in [0.29, 0.717) is 9.79 Å². The summed E-state index contributed by atoms with van der Waals surface area (Å²) >= 11 is 0. The molecule has 0 fully saturated rings. The number of hydrogen-bond acceptors (Lipinski definition) is 4. The molecule has 0 aliphatic rings. The Morgan fingerprint density at radius 1 is 0.714 bits per heavy atom. The highest BCUT2D eigenvalue weighted by molar-refractivity contribution is 7.96. The van der Waals surface area contributed by atoms with Crippen molar-refractivity contribution < 1.29 is 27.0 Å². The van der Waals surface area contributed by atoms with Crippen LogP contribution in [0.3, 0.4) is 0 Å². The lowest BCUT2D eigenvalue weighted by molar-refractivity contribution is 0.0817. The molecule has 28 heavy (non-hydrogen) atoms. The van der Waals surface area contributed by atoms with Crippen molar-refractivity contribution in [1.29, 1.82) is 0 Å². The van der Waals surface area contributed by atoms with Gasteiger partial charge in [-0.2, -0.15) is 0 Å². The molecule has 6 nitrogen and oxygen atoms in total. The maximum absolute atomic E-state index is 12.2. The molecule has 2 N–H and O–H groups in total. The van der Waals surface area contributed by atoms with Gasteiger partial charge in [0.15, 0.2) is 0 Å². The van der Waals surface area contributed by atoms with Crippen LogP contribution in [0.4, 0.5) is 0 Å². The third-order valence-electron chi connectivity index (χ3n) is 3.91. The minimum absolute atomic E-state index is 0.00358. The number of hydrogen-bond donors (Lipinski definition) is 2. The second-order valence-corrected chi connectivity index (χ2v) is 10.1. The summed E-state index contributed by atoms with van der Waals surface area (Å²) in [6.45, 7) is 4.20. The topological polar surface area (TPSA) is 93.1 Å². The molecule has 0 bridgehead atoms. The van der Waals surface area contributed by atoms with Gasteiger partial charge in [-0.25, -0.2) is 8.42 Å². The smallest absolute Gasteiger partial charge is 0.109 e. The molecule has 0 saturated heterocycles. The highest BCUT2D eigenvalue weighted by atomic mass is 32.2. The molecular formula is C20H26O6S2. The Morgan fingerprint density at radius 2 is 1.04 bits per heavy atom. The third-order valence-corrected chi connectivity index (χ3v) is 6.98. The molecule has 0 aliphatic heterocycles. The zero-order valence-electron chi connectivity index (χ0n) is 15.9. The number of benzene rings is 2. The molecule has 0 saturated carbocycles. The van der Waals surface area contributed by atoms with Gasteiger partial charge in [0.25, 0.3) is 0 Å². The summed E-state index contributed by atoms with van der Waals surface area (Å²) in [5.74, 6) is 0. The Labute approximate surface area is 167 Å². The minimum atomic E-state index is -3.25. The van der Waals surface area contributed by atoms with Crippen molar-refractivity contribution in [3.05, 3.63) is 59.7 Å². The summed E-state index contributed by atoms with van der Waals surface area (Å²) in [7, 11) is -6.49. The first-order chi connectivity index (χ1) is 13.2. The Hall–Kier alpha value is -1.68. The van der Waals surface area contributed by atoms with E-state index < -0.39 is 19.6 Å². The molecule has 0 aromatic heterocycles. The number of rotatable bonds is 9. The third kappa shape index (κ3) is 7.05. The first-order valence-corrected chi connectivity index (χ1v) is 11.8. The van der Waals surface area contributed by atoms with E-state index in [-0.39, 0.29) is 26.4 Å². The van der Waals surface area contributed by atoms with Crippen molar-refractivity contribution >= 4 is 30.3 Å². The van der Waals surface area contributed by atoms with Crippen molar-refractivity contribution in [1.82, 2.24) is 0 Å². The molecule has 0 heterocycles. The van der Waals surface area contributed by atoms with Gasteiger partial charge in [-0.05, 0) is 38.1 Å². The van der Waals surface area contributed by atoms with E-state index in [1.54, 1.807) is 48.5 Å². The zero-order chi connectivity index (χ0) is 20.6. The molecule has 2 aromatic rings. The lowest BCUT2D eigenvalue weighted by atomic mass is 10.2. The normalized spacial score (nSPS) is 15.4. The minimum Gasteiger partial charge on any atom is -0.374 e. The van der Waals surface area contributed by atoms with Crippen LogP contribution in [0.5, 0.6) is 0 Å². The Balaban J connectivity index is 1.74.